The van der Waals surface area contributed by atoms with Gasteiger partial charge in [-0.1, -0.05) is 119 Å². The highest BCUT2D eigenvalue weighted by atomic mass is 19.4. The summed E-state index contributed by atoms with van der Waals surface area (Å²) in [6.07, 6.45) is -4.85. The number of rotatable bonds is 7. The zero-order valence-corrected chi connectivity index (χ0v) is 48.4. The molecule has 0 aliphatic carbocycles. The monoisotopic (exact) mass is 1070 g/mol. The summed E-state index contributed by atoms with van der Waals surface area (Å²) in [7, 11) is 0. The Morgan fingerprint density at radius 3 is 1.04 bits per heavy atom. The van der Waals surface area contributed by atoms with Crippen molar-refractivity contribution in [2.75, 3.05) is 0 Å². The van der Waals surface area contributed by atoms with Gasteiger partial charge >= 0.3 is 6.18 Å². The molecule has 0 spiro atoms. The van der Waals surface area contributed by atoms with Gasteiger partial charge in [-0.2, -0.15) is 18.4 Å². The van der Waals surface area contributed by atoms with Crippen molar-refractivity contribution in [2.45, 2.75) is 89.3 Å². The van der Waals surface area contributed by atoms with Gasteiger partial charge in [-0.05, 0) is 232 Å². The Kier molecular flexibility index (Phi) is 12.8. The molecule has 0 amide bonds. The minimum atomic E-state index is -4.85. The van der Waals surface area contributed by atoms with Gasteiger partial charge in [0, 0.05) is 27.1 Å². The molecular formula is C75H61F3N4. The van der Waals surface area contributed by atoms with Gasteiger partial charge in [0.05, 0.1) is 45.6 Å². The molecule has 12 aromatic rings. The van der Waals surface area contributed by atoms with E-state index in [4.69, 9.17) is 6.57 Å². The number of halogens is 3. The predicted molar refractivity (Wildman–Crippen MR) is 335 cm³/mol. The Morgan fingerprint density at radius 2 is 0.732 bits per heavy atom. The lowest BCUT2D eigenvalue weighted by Crippen LogP contribution is -2.10. The van der Waals surface area contributed by atoms with E-state index in [1.807, 2.05) is 16.7 Å². The van der Waals surface area contributed by atoms with Crippen LogP contribution in [0.4, 0.5) is 18.9 Å². The fourth-order valence-electron chi connectivity index (χ4n) is 14.2. The molecule has 0 saturated heterocycles. The highest BCUT2D eigenvalue weighted by Crippen LogP contribution is 2.50. The van der Waals surface area contributed by atoms with Crippen LogP contribution >= 0.6 is 0 Å². The largest absolute Gasteiger partial charge is 0.415 e. The average molecular weight is 1080 g/mol. The van der Waals surface area contributed by atoms with Crippen molar-refractivity contribution < 1.29 is 13.2 Å². The average Bonchev–Trinajstić information content (AvgIpc) is 2.59. The van der Waals surface area contributed by atoms with Gasteiger partial charge in [0.25, 0.3) is 0 Å². The number of alkyl halides is 3. The van der Waals surface area contributed by atoms with Crippen molar-refractivity contribution in [1.29, 1.82) is 5.26 Å². The van der Waals surface area contributed by atoms with E-state index in [0.29, 0.717) is 16.7 Å². The Hall–Kier alpha value is -9.43. The first-order chi connectivity index (χ1) is 39.1. The van der Waals surface area contributed by atoms with E-state index >= 15 is 13.2 Å². The number of aromatic nitrogens is 2. The van der Waals surface area contributed by atoms with Crippen molar-refractivity contribution >= 4 is 49.3 Å². The van der Waals surface area contributed by atoms with Crippen LogP contribution in [0.5, 0.6) is 0 Å². The zero-order valence-electron chi connectivity index (χ0n) is 48.4. The maximum Gasteiger partial charge on any atom is 0.415 e. The first-order valence-corrected chi connectivity index (χ1v) is 27.8. The first kappa shape index (κ1) is 53.2. The molecule has 0 aliphatic rings. The van der Waals surface area contributed by atoms with Crippen molar-refractivity contribution in [3.05, 3.63) is 241 Å². The van der Waals surface area contributed by atoms with E-state index in [1.165, 1.54) is 23.3 Å². The molecule has 2 aromatic heterocycles. The molecule has 0 atom stereocenters. The number of nitriles is 1. The lowest BCUT2D eigenvalue weighted by atomic mass is 9.91. The van der Waals surface area contributed by atoms with Crippen LogP contribution < -0.4 is 0 Å². The third-order valence-corrected chi connectivity index (χ3v) is 16.9. The summed E-state index contributed by atoms with van der Waals surface area (Å²) < 4.78 is 51.3. The van der Waals surface area contributed by atoms with Crippen molar-refractivity contribution in [2.24, 2.45) is 0 Å². The van der Waals surface area contributed by atoms with Gasteiger partial charge in [0.1, 0.15) is 11.6 Å². The molecule has 0 fully saturated rings. The quantitative estimate of drug-likeness (QED) is 0.147. The van der Waals surface area contributed by atoms with E-state index < -0.39 is 11.7 Å². The molecule has 12 rings (SSSR count). The van der Waals surface area contributed by atoms with Crippen molar-refractivity contribution in [3.63, 3.8) is 0 Å². The molecule has 0 radical (unpaired) electrons. The maximum atomic E-state index is 15.7. The molecule has 4 nitrogen and oxygen atoms in total. The predicted octanol–water partition coefficient (Wildman–Crippen LogP) is 21.4. The van der Waals surface area contributed by atoms with Crippen LogP contribution in [0.25, 0.3) is 115 Å². The van der Waals surface area contributed by atoms with Crippen LogP contribution in [-0.4, -0.2) is 9.13 Å². The van der Waals surface area contributed by atoms with Gasteiger partial charge in [-0.3, -0.25) is 0 Å². The molecule has 0 saturated carbocycles. The lowest BCUT2D eigenvalue weighted by molar-refractivity contribution is -0.137. The summed E-state index contributed by atoms with van der Waals surface area (Å²) in [6, 6.07) is 53.1. The molecule has 10 aromatic carbocycles. The summed E-state index contributed by atoms with van der Waals surface area (Å²) in [5.41, 5.74) is 25.1. The van der Waals surface area contributed by atoms with Crippen LogP contribution in [-0.2, 0) is 6.18 Å². The van der Waals surface area contributed by atoms with E-state index in [0.717, 1.165) is 139 Å². The second-order valence-electron chi connectivity index (χ2n) is 23.0. The Morgan fingerprint density at radius 1 is 0.402 bits per heavy atom. The van der Waals surface area contributed by atoms with Gasteiger partial charge < -0.3 is 9.13 Å². The number of nitrogens with zero attached hydrogens (tertiary/aromatic N) is 4. The molecule has 82 heavy (non-hydrogen) atoms. The van der Waals surface area contributed by atoms with Crippen molar-refractivity contribution in [1.82, 2.24) is 9.13 Å². The summed E-state index contributed by atoms with van der Waals surface area (Å²) in [6.45, 7) is 33.9. The molecular weight excluding hydrogens is 1010 g/mol. The third-order valence-electron chi connectivity index (χ3n) is 16.9. The van der Waals surface area contributed by atoms with E-state index in [-0.39, 0.29) is 28.1 Å². The second kappa shape index (κ2) is 19.7. The topological polar surface area (TPSA) is 38.0 Å². The molecule has 0 aliphatic heterocycles. The van der Waals surface area contributed by atoms with E-state index in [1.54, 1.807) is 12.1 Å². The first-order valence-electron chi connectivity index (χ1n) is 27.8. The summed E-state index contributed by atoms with van der Waals surface area (Å²) in [5.74, 6) is 0. The second-order valence-corrected chi connectivity index (χ2v) is 23.0. The van der Waals surface area contributed by atoms with Gasteiger partial charge in [0.2, 0.25) is 0 Å². The highest BCUT2D eigenvalue weighted by molar-refractivity contribution is 6.15. The Bertz CT molecular complexity index is 4510. The lowest BCUT2D eigenvalue weighted by Gasteiger charge is -2.23. The zero-order chi connectivity index (χ0) is 58.0. The standard InChI is InChI=1S/C75H61F3N4/c1-40-27-44(5)69(45(6)28-40)52-17-22-64-57(35-52)58-36-53(70-46(7)29-41(2)30-47(70)8)18-23-65(58)81(64)68-26-21-56(73-62(75(76,77)78)15-14-16-63(73)80-13)74(61(68)39-79)82-66-24-19-54(71-48(9)31-42(3)32-49(71)10)37-59(66)60-38-55(20-25-67(60)82)72-50(11)33-43(4)34-51(72)12/h14-38H,1-12H3. The number of aryl methyl sites for hydroxylation is 12. The van der Waals surface area contributed by atoms with Crippen molar-refractivity contribution in [3.8, 4) is 73.1 Å². The summed E-state index contributed by atoms with van der Waals surface area (Å²) >= 11 is 0. The minimum Gasteiger partial charge on any atom is -0.308 e. The number of benzene rings is 10. The Labute approximate surface area is 477 Å². The SMILES string of the molecule is [C-]#[N+]c1cccc(C(F)(F)F)c1-c1ccc(-n2c3ccc(-c4c(C)cc(C)cc4C)cc3c3cc(-c4c(C)cc(C)cc4C)ccc32)c(C#N)c1-n1c2ccc(-c3c(C)cc(C)cc3C)cc2c2cc(-c3c(C)cc(C)cc3C)ccc21. The van der Waals surface area contributed by atoms with Crippen LogP contribution in [0.1, 0.15) is 77.9 Å². The van der Waals surface area contributed by atoms with Gasteiger partial charge in [-0.15, -0.1) is 0 Å². The molecule has 0 bridgehead atoms. The highest BCUT2D eigenvalue weighted by Gasteiger charge is 2.37. The van der Waals surface area contributed by atoms with E-state index in [2.05, 4.69) is 208 Å². The Balaban J connectivity index is 1.24. The fourth-order valence-corrected chi connectivity index (χ4v) is 14.2. The normalized spacial score (nSPS) is 11.8. The summed E-state index contributed by atoms with van der Waals surface area (Å²) in [4.78, 5) is 3.77. The van der Waals surface area contributed by atoms with Gasteiger partial charge in [0.15, 0.2) is 5.69 Å². The number of hydrogen-bond donors (Lipinski definition) is 0. The van der Waals surface area contributed by atoms with Crippen LogP contribution in [0.15, 0.2) is 152 Å². The smallest absolute Gasteiger partial charge is 0.308 e. The fraction of sp³-hybridized carbons (Fsp3) is 0.173. The summed E-state index contributed by atoms with van der Waals surface area (Å²) in [5, 5.41) is 15.8. The molecule has 2 heterocycles. The van der Waals surface area contributed by atoms with Crippen LogP contribution in [0.2, 0.25) is 0 Å². The number of fused-ring (bicyclic) bond motifs is 6. The molecule has 7 heteroatoms. The van der Waals surface area contributed by atoms with E-state index in [9.17, 15) is 5.26 Å². The third kappa shape index (κ3) is 8.58. The van der Waals surface area contributed by atoms with Crippen LogP contribution in [0.3, 0.4) is 0 Å². The molecule has 0 unspecified atom stereocenters. The maximum absolute atomic E-state index is 15.7. The number of hydrogen-bond acceptors (Lipinski definition) is 1. The minimum absolute atomic E-state index is 0.114. The van der Waals surface area contributed by atoms with Gasteiger partial charge in [-0.25, -0.2) is 4.85 Å². The molecule has 0 N–H and O–H groups in total. The molecule has 402 valence electrons. The van der Waals surface area contributed by atoms with Crippen LogP contribution in [0, 0.1) is 101 Å².